The number of imide groups is 2. The smallest absolute Gasteiger partial charge is 0.319 e. The number of amides is 7. The first-order valence-electron chi connectivity index (χ1n) is 11.1. The summed E-state index contributed by atoms with van der Waals surface area (Å²) in [6.45, 7) is 1.12. The second-order valence-electron chi connectivity index (χ2n) is 8.61. The van der Waals surface area contributed by atoms with Crippen molar-refractivity contribution in [3.8, 4) is 0 Å². The third-order valence-corrected chi connectivity index (χ3v) is 6.85. The zero-order chi connectivity index (χ0) is 24.1. The number of hydrogen-bond acceptors (Lipinski definition) is 5. The van der Waals surface area contributed by atoms with Gasteiger partial charge in [-0.05, 0) is 36.0 Å². The van der Waals surface area contributed by atoms with Gasteiger partial charge in [-0.3, -0.25) is 24.7 Å². The molecule has 0 unspecified atom stereocenters. The van der Waals surface area contributed by atoms with Crippen molar-refractivity contribution >= 4 is 29.8 Å². The number of nitrogens with one attached hydrogen (secondary N) is 3. The summed E-state index contributed by atoms with van der Waals surface area (Å²) in [7, 11) is 0. The van der Waals surface area contributed by atoms with Crippen molar-refractivity contribution in [2.24, 2.45) is 0 Å². The predicted octanol–water partition coefficient (Wildman–Crippen LogP) is 1.27. The number of carbonyl (C=O) groups excluding carboxylic acids is 5. The Hall–Kier alpha value is -4.21. The maximum atomic E-state index is 13.2. The molecule has 1 aliphatic carbocycles. The molecule has 2 saturated heterocycles. The van der Waals surface area contributed by atoms with Gasteiger partial charge < -0.3 is 10.6 Å². The van der Waals surface area contributed by atoms with Crippen molar-refractivity contribution in [3.63, 3.8) is 0 Å². The normalized spacial score (nSPS) is 25.6. The quantitative estimate of drug-likeness (QED) is 0.578. The van der Waals surface area contributed by atoms with E-state index >= 15 is 0 Å². The number of nitrogens with zero attached hydrogens (tertiary/aromatic N) is 2. The van der Waals surface area contributed by atoms with Crippen LogP contribution in [0.4, 0.5) is 9.59 Å². The molecule has 0 bridgehead atoms. The molecule has 174 valence electrons. The van der Waals surface area contributed by atoms with E-state index in [0.717, 1.165) is 16.0 Å². The Bertz CT molecular complexity index is 1190. The van der Waals surface area contributed by atoms with Gasteiger partial charge in [-0.1, -0.05) is 61.5 Å². The Morgan fingerprint density at radius 3 is 2.38 bits per heavy atom. The van der Waals surface area contributed by atoms with Gasteiger partial charge in [0.15, 0.2) is 0 Å². The molecule has 0 aromatic heterocycles. The van der Waals surface area contributed by atoms with Crippen LogP contribution in [0.25, 0.3) is 0 Å². The summed E-state index contributed by atoms with van der Waals surface area (Å²) in [6.07, 6.45) is 1.30. The summed E-state index contributed by atoms with van der Waals surface area (Å²) in [5.74, 6) is -2.00. The van der Waals surface area contributed by atoms with Crippen LogP contribution in [0.1, 0.15) is 36.5 Å². The Labute approximate surface area is 195 Å². The highest BCUT2D eigenvalue weighted by molar-refractivity contribution is 6.11. The summed E-state index contributed by atoms with van der Waals surface area (Å²) in [4.78, 5) is 65.2. The Kier molecular flexibility index (Phi) is 4.89. The van der Waals surface area contributed by atoms with E-state index in [1.54, 1.807) is 49.4 Å². The van der Waals surface area contributed by atoms with Crippen LogP contribution < -0.4 is 16.1 Å². The van der Waals surface area contributed by atoms with Gasteiger partial charge in [-0.25, -0.2) is 9.59 Å². The van der Waals surface area contributed by atoms with Crippen LogP contribution in [0.15, 0.2) is 54.6 Å². The summed E-state index contributed by atoms with van der Waals surface area (Å²) in [5, 5.41) is 6.02. The molecular formula is C24H23N5O5. The fraction of sp³-hybridized carbons (Fsp3) is 0.292. The van der Waals surface area contributed by atoms with Gasteiger partial charge in [-0.2, -0.15) is 5.01 Å². The van der Waals surface area contributed by atoms with Crippen LogP contribution in [-0.4, -0.2) is 46.2 Å². The minimum absolute atomic E-state index is 0.267. The van der Waals surface area contributed by atoms with Crippen molar-refractivity contribution in [2.45, 2.75) is 37.3 Å². The first kappa shape index (κ1) is 21.6. The first-order chi connectivity index (χ1) is 16.3. The van der Waals surface area contributed by atoms with Crippen molar-refractivity contribution in [2.75, 3.05) is 6.54 Å². The molecule has 2 heterocycles. The molecule has 7 amide bonds. The largest absolute Gasteiger partial charge is 0.344 e. The summed E-state index contributed by atoms with van der Waals surface area (Å²) in [5.41, 5.74) is 2.03. The van der Waals surface area contributed by atoms with E-state index in [1.165, 1.54) is 0 Å². The van der Waals surface area contributed by atoms with Gasteiger partial charge in [-0.15, -0.1) is 0 Å². The molecule has 5 rings (SSSR count). The van der Waals surface area contributed by atoms with Gasteiger partial charge in [0.1, 0.15) is 17.6 Å². The van der Waals surface area contributed by atoms with E-state index in [0.29, 0.717) is 23.4 Å². The molecule has 2 fully saturated rings. The Morgan fingerprint density at radius 1 is 0.941 bits per heavy atom. The first-order valence-corrected chi connectivity index (χ1v) is 11.1. The number of aryl methyl sites for hydroxylation is 1. The lowest BCUT2D eigenvalue weighted by Crippen LogP contribution is -2.52. The zero-order valence-electron chi connectivity index (χ0n) is 18.5. The van der Waals surface area contributed by atoms with Crippen LogP contribution in [0, 0.1) is 0 Å². The second kappa shape index (κ2) is 7.68. The summed E-state index contributed by atoms with van der Waals surface area (Å²) < 4.78 is 0. The topological polar surface area (TPSA) is 128 Å². The molecule has 2 aromatic carbocycles. The molecule has 0 saturated carbocycles. The van der Waals surface area contributed by atoms with Crippen LogP contribution in [0.3, 0.4) is 0 Å². The van der Waals surface area contributed by atoms with Gasteiger partial charge in [0.25, 0.3) is 17.7 Å². The molecule has 2 aromatic rings. The number of hydrazine groups is 1. The average molecular weight is 461 g/mol. The highest BCUT2D eigenvalue weighted by Gasteiger charge is 2.56. The predicted molar refractivity (Wildman–Crippen MR) is 119 cm³/mol. The van der Waals surface area contributed by atoms with Crippen molar-refractivity contribution in [3.05, 3.63) is 71.3 Å². The SMILES string of the molecule is CC[C@@]1(c2ccccc2)NC(=O)N(NC(=O)CN2C(=O)N[C@@]3(CCc4ccccc43)C2=O)C1=O. The molecule has 1 spiro atoms. The highest BCUT2D eigenvalue weighted by atomic mass is 16.2. The molecule has 3 N–H and O–H groups in total. The monoisotopic (exact) mass is 461 g/mol. The van der Waals surface area contributed by atoms with Crippen LogP contribution in [0.5, 0.6) is 0 Å². The van der Waals surface area contributed by atoms with Crippen LogP contribution >= 0.6 is 0 Å². The molecule has 10 nitrogen and oxygen atoms in total. The van der Waals surface area contributed by atoms with Gasteiger partial charge in [0.05, 0.1) is 0 Å². The molecule has 3 aliphatic rings. The standard InChI is InChI=1S/C24H23N5O5/c1-2-23(16-9-4-3-5-10-16)20(32)29(22(34)26-23)27-18(30)14-28-19(31)24(25-21(28)33)13-12-15-8-6-7-11-17(15)24/h3-11H,2,12-14H2,1H3,(H,25,33)(H,26,34)(H,27,30)/t23-,24+/m0/s1. The molecule has 0 radical (unpaired) electrons. The molecular weight excluding hydrogens is 438 g/mol. The van der Waals surface area contributed by atoms with E-state index in [1.807, 2.05) is 12.1 Å². The van der Waals surface area contributed by atoms with Crippen molar-refractivity contribution in [1.29, 1.82) is 0 Å². The van der Waals surface area contributed by atoms with Crippen LogP contribution in [-0.2, 0) is 31.9 Å². The number of carbonyl (C=O) groups is 5. The fourth-order valence-corrected chi connectivity index (χ4v) is 5.08. The van der Waals surface area contributed by atoms with E-state index in [9.17, 15) is 24.0 Å². The molecule has 2 atom stereocenters. The zero-order valence-corrected chi connectivity index (χ0v) is 18.5. The summed E-state index contributed by atoms with van der Waals surface area (Å²) >= 11 is 0. The van der Waals surface area contributed by atoms with Gasteiger partial charge >= 0.3 is 12.1 Å². The third kappa shape index (κ3) is 2.98. The average Bonchev–Trinajstić information content (AvgIpc) is 3.42. The van der Waals surface area contributed by atoms with Crippen molar-refractivity contribution in [1.82, 2.24) is 26.0 Å². The Morgan fingerprint density at radius 2 is 1.65 bits per heavy atom. The Balaban J connectivity index is 1.32. The number of hydrogen-bond donors (Lipinski definition) is 3. The maximum absolute atomic E-state index is 13.2. The number of rotatable bonds is 5. The van der Waals surface area contributed by atoms with Crippen molar-refractivity contribution < 1.29 is 24.0 Å². The molecule has 34 heavy (non-hydrogen) atoms. The van der Waals surface area contributed by atoms with E-state index in [-0.39, 0.29) is 6.42 Å². The summed E-state index contributed by atoms with van der Waals surface area (Å²) in [6, 6.07) is 14.6. The molecule has 2 aliphatic heterocycles. The third-order valence-electron chi connectivity index (χ3n) is 6.85. The number of fused-ring (bicyclic) bond motifs is 2. The van der Waals surface area contributed by atoms with Gasteiger partial charge in [0, 0.05) is 0 Å². The van der Waals surface area contributed by atoms with E-state index in [2.05, 4.69) is 16.1 Å². The number of benzene rings is 2. The fourth-order valence-electron chi connectivity index (χ4n) is 5.08. The van der Waals surface area contributed by atoms with E-state index < -0.39 is 47.4 Å². The highest BCUT2D eigenvalue weighted by Crippen LogP contribution is 2.41. The molecule has 10 heteroatoms. The minimum Gasteiger partial charge on any atom is -0.319 e. The van der Waals surface area contributed by atoms with Gasteiger partial charge in [0.2, 0.25) is 0 Å². The maximum Gasteiger partial charge on any atom is 0.344 e. The van der Waals surface area contributed by atoms with E-state index in [4.69, 9.17) is 0 Å². The lowest BCUT2D eigenvalue weighted by molar-refractivity contribution is -0.141. The van der Waals surface area contributed by atoms with Crippen LogP contribution in [0.2, 0.25) is 0 Å². The lowest BCUT2D eigenvalue weighted by atomic mass is 9.87. The second-order valence-corrected chi connectivity index (χ2v) is 8.61. The lowest BCUT2D eigenvalue weighted by Gasteiger charge is -2.25. The number of urea groups is 2. The minimum atomic E-state index is -1.32.